The third-order valence-electron chi connectivity index (χ3n) is 3.71. The van der Waals surface area contributed by atoms with Gasteiger partial charge in [0.25, 0.3) is 0 Å². The molecule has 3 N–H and O–H groups in total. The highest BCUT2D eigenvalue weighted by molar-refractivity contribution is 5.63. The maximum atomic E-state index is 12.7. The molecule has 1 heterocycles. The van der Waals surface area contributed by atoms with Crippen LogP contribution in [0.2, 0.25) is 0 Å². The van der Waals surface area contributed by atoms with Crippen molar-refractivity contribution in [2.45, 2.75) is 57.2 Å². The number of halogens is 3. The quantitative estimate of drug-likeness (QED) is 0.856. The first kappa shape index (κ1) is 14.9. The Morgan fingerprint density at radius 3 is 2.30 bits per heavy atom. The Morgan fingerprint density at radius 1 is 1.10 bits per heavy atom. The standard InChI is InChI=1S/C14H20F3N3/c15-14(16,17)10-8-12(13(18)19-9-10)20-11-6-4-2-1-3-5-7-11/h8-9,11,20H,1-7H2,(H2,18,19). The minimum absolute atomic E-state index is 0.125. The van der Waals surface area contributed by atoms with Gasteiger partial charge in [0.2, 0.25) is 0 Å². The molecule has 0 unspecified atom stereocenters. The maximum Gasteiger partial charge on any atom is 0.417 e. The lowest BCUT2D eigenvalue weighted by atomic mass is 9.96. The molecule has 0 radical (unpaired) electrons. The number of anilines is 2. The third-order valence-corrected chi connectivity index (χ3v) is 3.71. The molecule has 2 rings (SSSR count). The Kier molecular flexibility index (Phi) is 4.73. The molecule has 112 valence electrons. The number of hydrogen-bond acceptors (Lipinski definition) is 3. The topological polar surface area (TPSA) is 50.9 Å². The first-order valence-electron chi connectivity index (χ1n) is 7.06. The average Bonchev–Trinajstić information content (AvgIpc) is 2.33. The number of alkyl halides is 3. The minimum atomic E-state index is -4.39. The minimum Gasteiger partial charge on any atom is -0.382 e. The summed E-state index contributed by atoms with van der Waals surface area (Å²) in [4.78, 5) is 3.65. The lowest BCUT2D eigenvalue weighted by Crippen LogP contribution is -2.22. The van der Waals surface area contributed by atoms with Gasteiger partial charge < -0.3 is 11.1 Å². The normalized spacial score (nSPS) is 18.4. The fourth-order valence-electron chi connectivity index (χ4n) is 2.57. The van der Waals surface area contributed by atoms with Crippen molar-refractivity contribution in [1.82, 2.24) is 4.98 Å². The van der Waals surface area contributed by atoms with Gasteiger partial charge in [-0.1, -0.05) is 32.1 Å². The number of nitrogens with zero attached hydrogens (tertiary/aromatic N) is 1. The van der Waals surface area contributed by atoms with Crippen molar-refractivity contribution in [2.24, 2.45) is 0 Å². The molecule has 3 nitrogen and oxygen atoms in total. The van der Waals surface area contributed by atoms with Crippen LogP contribution < -0.4 is 11.1 Å². The summed E-state index contributed by atoms with van der Waals surface area (Å²) in [7, 11) is 0. The number of nitrogens with one attached hydrogen (secondary N) is 1. The summed E-state index contributed by atoms with van der Waals surface area (Å²) in [5, 5.41) is 3.14. The van der Waals surface area contributed by atoms with Crippen LogP contribution in [0.3, 0.4) is 0 Å². The van der Waals surface area contributed by atoms with E-state index in [1.54, 1.807) is 0 Å². The predicted molar refractivity (Wildman–Crippen MR) is 73.4 cm³/mol. The summed E-state index contributed by atoms with van der Waals surface area (Å²) in [6.45, 7) is 0. The van der Waals surface area contributed by atoms with Crippen LogP contribution in [-0.4, -0.2) is 11.0 Å². The van der Waals surface area contributed by atoms with Gasteiger partial charge in [-0.05, 0) is 18.9 Å². The number of hydrogen-bond donors (Lipinski definition) is 2. The lowest BCUT2D eigenvalue weighted by Gasteiger charge is -2.23. The molecule has 1 fully saturated rings. The zero-order valence-electron chi connectivity index (χ0n) is 11.3. The van der Waals surface area contributed by atoms with Crippen molar-refractivity contribution in [1.29, 1.82) is 0 Å². The second-order valence-corrected chi connectivity index (χ2v) is 5.34. The summed E-state index contributed by atoms with van der Waals surface area (Å²) in [6, 6.07) is 1.24. The fourth-order valence-corrected chi connectivity index (χ4v) is 2.57. The van der Waals surface area contributed by atoms with Gasteiger partial charge in [0.1, 0.15) is 5.82 Å². The van der Waals surface area contributed by atoms with Gasteiger partial charge in [-0.3, -0.25) is 0 Å². The largest absolute Gasteiger partial charge is 0.417 e. The first-order chi connectivity index (χ1) is 9.47. The number of nitrogen functional groups attached to an aromatic ring is 1. The fraction of sp³-hybridized carbons (Fsp3) is 0.643. The molecule has 1 aromatic rings. The van der Waals surface area contributed by atoms with E-state index in [0.29, 0.717) is 5.69 Å². The van der Waals surface area contributed by atoms with Crippen molar-refractivity contribution in [2.75, 3.05) is 11.1 Å². The van der Waals surface area contributed by atoms with E-state index in [4.69, 9.17) is 5.73 Å². The molecular weight excluding hydrogens is 267 g/mol. The molecule has 1 aliphatic rings. The van der Waals surface area contributed by atoms with E-state index in [0.717, 1.165) is 37.9 Å². The highest BCUT2D eigenvalue weighted by Gasteiger charge is 2.31. The van der Waals surface area contributed by atoms with Gasteiger partial charge in [0, 0.05) is 12.2 Å². The van der Waals surface area contributed by atoms with Crippen LogP contribution in [0.25, 0.3) is 0 Å². The van der Waals surface area contributed by atoms with Crippen LogP contribution >= 0.6 is 0 Å². The first-order valence-corrected chi connectivity index (χ1v) is 7.06. The van der Waals surface area contributed by atoms with Crippen LogP contribution in [-0.2, 0) is 6.18 Å². The van der Waals surface area contributed by atoms with Crippen LogP contribution in [0.1, 0.15) is 50.5 Å². The SMILES string of the molecule is Nc1ncc(C(F)(F)F)cc1NC1CCCCCCC1. The van der Waals surface area contributed by atoms with Crippen molar-refractivity contribution in [3.63, 3.8) is 0 Å². The molecule has 20 heavy (non-hydrogen) atoms. The zero-order chi connectivity index (χ0) is 14.6. The molecule has 6 heteroatoms. The summed E-state index contributed by atoms with van der Waals surface area (Å²) in [5.74, 6) is 0.125. The number of pyridine rings is 1. The van der Waals surface area contributed by atoms with E-state index in [9.17, 15) is 13.2 Å². The number of nitrogens with two attached hydrogens (primary N) is 1. The van der Waals surface area contributed by atoms with E-state index in [2.05, 4.69) is 10.3 Å². The molecule has 0 amide bonds. The molecule has 0 bridgehead atoms. The highest BCUT2D eigenvalue weighted by atomic mass is 19.4. The van der Waals surface area contributed by atoms with Crippen molar-refractivity contribution < 1.29 is 13.2 Å². The molecule has 0 saturated heterocycles. The molecular formula is C14H20F3N3. The van der Waals surface area contributed by atoms with Crippen LogP contribution in [0, 0.1) is 0 Å². The van der Waals surface area contributed by atoms with E-state index in [1.807, 2.05) is 0 Å². The van der Waals surface area contributed by atoms with E-state index >= 15 is 0 Å². The number of rotatable bonds is 2. The van der Waals surface area contributed by atoms with Crippen LogP contribution in [0.5, 0.6) is 0 Å². The Balaban J connectivity index is 2.10. The van der Waals surface area contributed by atoms with Crippen molar-refractivity contribution in [3.8, 4) is 0 Å². The second-order valence-electron chi connectivity index (χ2n) is 5.34. The molecule has 0 aliphatic heterocycles. The molecule has 1 aromatic heterocycles. The van der Waals surface area contributed by atoms with Crippen LogP contribution in [0.4, 0.5) is 24.7 Å². The van der Waals surface area contributed by atoms with Gasteiger partial charge in [-0.25, -0.2) is 4.98 Å². The van der Waals surface area contributed by atoms with E-state index in [-0.39, 0.29) is 11.9 Å². The van der Waals surface area contributed by atoms with Crippen molar-refractivity contribution in [3.05, 3.63) is 17.8 Å². The van der Waals surface area contributed by atoms with E-state index < -0.39 is 11.7 Å². The lowest BCUT2D eigenvalue weighted by molar-refractivity contribution is -0.137. The molecule has 0 atom stereocenters. The zero-order valence-corrected chi connectivity index (χ0v) is 11.3. The maximum absolute atomic E-state index is 12.7. The Hall–Kier alpha value is -1.46. The van der Waals surface area contributed by atoms with Gasteiger partial charge in [-0.2, -0.15) is 13.2 Å². The summed E-state index contributed by atoms with van der Waals surface area (Å²) >= 11 is 0. The molecule has 0 aromatic carbocycles. The Bertz CT molecular complexity index is 438. The summed E-state index contributed by atoms with van der Waals surface area (Å²) in [5.41, 5.74) is 5.21. The molecule has 0 spiro atoms. The van der Waals surface area contributed by atoms with Gasteiger partial charge in [0.15, 0.2) is 0 Å². The Labute approximate surface area is 116 Å². The van der Waals surface area contributed by atoms with Crippen LogP contribution in [0.15, 0.2) is 12.3 Å². The molecule has 1 saturated carbocycles. The van der Waals surface area contributed by atoms with Gasteiger partial charge >= 0.3 is 6.18 Å². The predicted octanol–water partition coefficient (Wildman–Crippen LogP) is 4.21. The number of aromatic nitrogens is 1. The summed E-state index contributed by atoms with van der Waals surface area (Å²) in [6.07, 6.45) is 4.15. The van der Waals surface area contributed by atoms with E-state index in [1.165, 1.54) is 19.3 Å². The Morgan fingerprint density at radius 2 is 1.70 bits per heavy atom. The smallest absolute Gasteiger partial charge is 0.382 e. The third kappa shape index (κ3) is 4.02. The van der Waals surface area contributed by atoms with Gasteiger partial charge in [0.05, 0.1) is 11.3 Å². The van der Waals surface area contributed by atoms with Crippen molar-refractivity contribution >= 4 is 11.5 Å². The highest BCUT2D eigenvalue weighted by Crippen LogP contribution is 2.32. The monoisotopic (exact) mass is 287 g/mol. The second kappa shape index (κ2) is 6.33. The average molecular weight is 287 g/mol. The molecule has 1 aliphatic carbocycles. The summed E-state index contributed by atoms with van der Waals surface area (Å²) < 4.78 is 38.1. The van der Waals surface area contributed by atoms with Gasteiger partial charge in [-0.15, -0.1) is 0 Å².